The van der Waals surface area contributed by atoms with Crippen LogP contribution >= 0.6 is 0 Å². The van der Waals surface area contributed by atoms with E-state index in [1.54, 1.807) is 11.8 Å². The number of aromatic nitrogens is 3. The Labute approximate surface area is 129 Å². The van der Waals surface area contributed by atoms with Crippen molar-refractivity contribution in [1.82, 2.24) is 15.2 Å². The molecule has 4 nitrogen and oxygen atoms in total. The molecule has 2 aromatic heterocycles. The molecule has 0 N–H and O–H groups in total. The molecule has 0 aliphatic heterocycles. The highest BCUT2D eigenvalue weighted by molar-refractivity contribution is 5.45. The van der Waals surface area contributed by atoms with E-state index in [1.807, 2.05) is 18.2 Å². The number of pyridine rings is 1. The molecule has 3 atom stereocenters. The van der Waals surface area contributed by atoms with Crippen molar-refractivity contribution < 1.29 is 4.42 Å². The van der Waals surface area contributed by atoms with Crippen molar-refractivity contribution >= 4 is 0 Å². The maximum absolute atomic E-state index is 6.08. The van der Waals surface area contributed by atoms with Gasteiger partial charge in [-0.15, -0.1) is 10.2 Å². The summed E-state index contributed by atoms with van der Waals surface area (Å²) in [5.41, 5.74) is 2.51. The number of allylic oxidation sites excluding steroid dienone is 2. The smallest absolute Gasteiger partial charge is 0.266 e. The average Bonchev–Trinajstić information content (AvgIpc) is 3.09. The van der Waals surface area contributed by atoms with Crippen LogP contribution in [-0.4, -0.2) is 15.2 Å². The molecule has 3 bridgehead atoms. The van der Waals surface area contributed by atoms with E-state index < -0.39 is 0 Å². The van der Waals surface area contributed by atoms with E-state index >= 15 is 0 Å². The molecule has 3 unspecified atom stereocenters. The lowest BCUT2D eigenvalue weighted by molar-refractivity contribution is 0.189. The van der Waals surface area contributed by atoms with Crippen LogP contribution in [0.3, 0.4) is 0 Å². The number of hydrogen-bond donors (Lipinski definition) is 0. The van der Waals surface area contributed by atoms with Gasteiger partial charge in [-0.1, -0.05) is 17.7 Å². The second kappa shape index (κ2) is 4.51. The second-order valence-electron chi connectivity index (χ2n) is 7.15. The minimum atomic E-state index is 0.0971. The second-order valence-corrected chi connectivity index (χ2v) is 7.15. The van der Waals surface area contributed by atoms with Crippen LogP contribution in [0.2, 0.25) is 0 Å². The summed E-state index contributed by atoms with van der Waals surface area (Å²) in [6.45, 7) is 0. The Balaban J connectivity index is 1.54. The Morgan fingerprint density at radius 3 is 3.09 bits per heavy atom. The topological polar surface area (TPSA) is 51.8 Å². The highest BCUT2D eigenvalue weighted by Gasteiger charge is 2.52. The van der Waals surface area contributed by atoms with E-state index in [1.165, 1.54) is 32.1 Å². The molecule has 5 rings (SSSR count). The molecule has 2 aromatic rings. The predicted molar refractivity (Wildman–Crippen MR) is 82.0 cm³/mol. The maximum atomic E-state index is 6.08. The summed E-state index contributed by atoms with van der Waals surface area (Å²) in [5, 5.41) is 8.70. The number of rotatable bonds is 2. The third-order valence-corrected chi connectivity index (χ3v) is 5.75. The third kappa shape index (κ3) is 1.79. The molecular formula is C18H19N3O. The van der Waals surface area contributed by atoms with Crippen molar-refractivity contribution in [3.05, 3.63) is 41.9 Å². The van der Waals surface area contributed by atoms with E-state index in [2.05, 4.69) is 21.3 Å². The van der Waals surface area contributed by atoms with Crippen molar-refractivity contribution in [2.24, 2.45) is 11.8 Å². The molecule has 0 saturated heterocycles. The van der Waals surface area contributed by atoms with E-state index in [-0.39, 0.29) is 5.41 Å². The normalized spacial score (nSPS) is 32.8. The van der Waals surface area contributed by atoms with Gasteiger partial charge in [0.05, 0.1) is 5.41 Å². The van der Waals surface area contributed by atoms with Gasteiger partial charge in [-0.2, -0.15) is 0 Å². The van der Waals surface area contributed by atoms with E-state index in [4.69, 9.17) is 4.42 Å². The molecule has 0 spiro atoms. The van der Waals surface area contributed by atoms with E-state index in [9.17, 15) is 0 Å². The first-order valence-electron chi connectivity index (χ1n) is 8.27. The SMILES string of the molecule is C1=C2CC3(c4nnc(-c5ccccn5)o4)CC(CC1)CC2C3. The molecule has 0 amide bonds. The standard InChI is InChI=1S/C18H19N3O/c1-2-7-19-15(6-1)16-20-21-17(22-16)18-9-12-4-3-5-13(10-18)14(8-12)11-18/h1-2,5-7,12,14H,3-4,8-11H2. The minimum Gasteiger partial charge on any atom is -0.419 e. The predicted octanol–water partition coefficient (Wildman–Crippen LogP) is 3.91. The van der Waals surface area contributed by atoms with Gasteiger partial charge in [0, 0.05) is 6.20 Å². The van der Waals surface area contributed by atoms with Crippen LogP contribution in [0.5, 0.6) is 0 Å². The largest absolute Gasteiger partial charge is 0.419 e. The lowest BCUT2D eigenvalue weighted by Gasteiger charge is -2.34. The Bertz CT molecular complexity index is 736. The number of fused-ring (bicyclic) bond motifs is 2. The lowest BCUT2D eigenvalue weighted by Crippen LogP contribution is -2.31. The molecule has 3 aliphatic rings. The van der Waals surface area contributed by atoms with Crippen LogP contribution in [0.15, 0.2) is 40.5 Å². The Morgan fingerprint density at radius 1 is 1.18 bits per heavy atom. The van der Waals surface area contributed by atoms with Crippen molar-refractivity contribution in [2.45, 2.75) is 43.9 Å². The van der Waals surface area contributed by atoms with Crippen LogP contribution in [-0.2, 0) is 5.41 Å². The zero-order chi connectivity index (χ0) is 14.6. The molecule has 2 saturated carbocycles. The van der Waals surface area contributed by atoms with Gasteiger partial charge in [-0.05, 0) is 62.5 Å². The first-order valence-corrected chi connectivity index (χ1v) is 8.27. The van der Waals surface area contributed by atoms with Gasteiger partial charge in [-0.3, -0.25) is 4.98 Å². The molecule has 2 heterocycles. The summed E-state index contributed by atoms with van der Waals surface area (Å²) in [5.74, 6) is 2.97. The Morgan fingerprint density at radius 2 is 2.18 bits per heavy atom. The van der Waals surface area contributed by atoms with Crippen LogP contribution < -0.4 is 0 Å². The van der Waals surface area contributed by atoms with Crippen molar-refractivity contribution in [3.63, 3.8) is 0 Å². The van der Waals surface area contributed by atoms with Crippen LogP contribution in [0.1, 0.15) is 44.4 Å². The third-order valence-electron chi connectivity index (χ3n) is 5.75. The Hall–Kier alpha value is -1.97. The fourth-order valence-electron chi connectivity index (χ4n) is 4.88. The van der Waals surface area contributed by atoms with Gasteiger partial charge >= 0.3 is 0 Å². The van der Waals surface area contributed by atoms with Gasteiger partial charge in [-0.25, -0.2) is 0 Å². The Kier molecular flexibility index (Phi) is 2.58. The molecule has 2 fully saturated rings. The van der Waals surface area contributed by atoms with Gasteiger partial charge in [0.25, 0.3) is 5.89 Å². The van der Waals surface area contributed by atoms with Crippen LogP contribution in [0, 0.1) is 11.8 Å². The summed E-state index contributed by atoms with van der Waals surface area (Å²) in [4.78, 5) is 4.32. The lowest BCUT2D eigenvalue weighted by atomic mass is 9.69. The first kappa shape index (κ1) is 12.6. The molecule has 112 valence electrons. The summed E-state index contributed by atoms with van der Waals surface area (Å²) < 4.78 is 6.08. The first-order chi connectivity index (χ1) is 10.8. The molecule has 0 radical (unpaired) electrons. The fourth-order valence-corrected chi connectivity index (χ4v) is 4.88. The summed E-state index contributed by atoms with van der Waals surface area (Å²) in [6, 6.07) is 5.77. The number of hydrogen-bond acceptors (Lipinski definition) is 4. The van der Waals surface area contributed by atoms with Gasteiger partial charge in [0.1, 0.15) is 5.69 Å². The highest BCUT2D eigenvalue weighted by atomic mass is 16.4. The summed E-state index contributed by atoms with van der Waals surface area (Å²) >= 11 is 0. The fraction of sp³-hybridized carbons (Fsp3) is 0.500. The molecular weight excluding hydrogens is 274 g/mol. The van der Waals surface area contributed by atoms with Gasteiger partial charge in [0.2, 0.25) is 5.89 Å². The summed E-state index contributed by atoms with van der Waals surface area (Å²) in [7, 11) is 0. The van der Waals surface area contributed by atoms with Gasteiger partial charge < -0.3 is 4.42 Å². The molecule has 3 aliphatic carbocycles. The van der Waals surface area contributed by atoms with Crippen molar-refractivity contribution in [1.29, 1.82) is 0 Å². The number of nitrogens with zero attached hydrogens (tertiary/aromatic N) is 3. The summed E-state index contributed by atoms with van der Waals surface area (Å²) in [6.07, 6.45) is 11.7. The molecule has 4 heteroatoms. The monoisotopic (exact) mass is 293 g/mol. The average molecular weight is 293 g/mol. The van der Waals surface area contributed by atoms with Crippen molar-refractivity contribution in [2.75, 3.05) is 0 Å². The van der Waals surface area contributed by atoms with E-state index in [0.717, 1.165) is 29.8 Å². The van der Waals surface area contributed by atoms with E-state index in [0.29, 0.717) is 5.89 Å². The maximum Gasteiger partial charge on any atom is 0.266 e. The zero-order valence-electron chi connectivity index (χ0n) is 12.5. The zero-order valence-corrected chi connectivity index (χ0v) is 12.5. The quantitative estimate of drug-likeness (QED) is 0.788. The highest BCUT2D eigenvalue weighted by Crippen LogP contribution is 2.58. The van der Waals surface area contributed by atoms with Crippen LogP contribution in [0.4, 0.5) is 0 Å². The molecule has 22 heavy (non-hydrogen) atoms. The molecule has 0 aromatic carbocycles. The van der Waals surface area contributed by atoms with Gasteiger partial charge in [0.15, 0.2) is 0 Å². The van der Waals surface area contributed by atoms with Crippen molar-refractivity contribution in [3.8, 4) is 11.6 Å². The minimum absolute atomic E-state index is 0.0971. The van der Waals surface area contributed by atoms with Crippen LogP contribution in [0.25, 0.3) is 11.6 Å².